The molecule has 2 rings (SSSR count). The smallest absolute Gasteiger partial charge is 0.252 e. The molecule has 0 saturated carbocycles. The highest BCUT2D eigenvalue weighted by Crippen LogP contribution is 2.18. The third kappa shape index (κ3) is 4.34. The molecule has 0 unspecified atom stereocenters. The van der Waals surface area contributed by atoms with E-state index in [1.807, 2.05) is 24.3 Å². The Balaban J connectivity index is 1.90. The highest BCUT2D eigenvalue weighted by molar-refractivity contribution is 6.35. The quantitative estimate of drug-likeness (QED) is 0.858. The van der Waals surface area contributed by atoms with Gasteiger partial charge in [0.2, 0.25) is 0 Å². The van der Waals surface area contributed by atoms with Crippen LogP contribution in [0.2, 0.25) is 10.2 Å². The van der Waals surface area contributed by atoms with Crippen molar-refractivity contribution in [3.63, 3.8) is 0 Å². The summed E-state index contributed by atoms with van der Waals surface area (Å²) >= 11 is 11.7. The lowest BCUT2D eigenvalue weighted by molar-refractivity contribution is 0.0954. The van der Waals surface area contributed by atoms with Crippen LogP contribution in [0.5, 0.6) is 5.75 Å². The third-order valence-corrected chi connectivity index (χ3v) is 3.43. The number of aromatic nitrogens is 1. The van der Waals surface area contributed by atoms with Gasteiger partial charge in [-0.15, -0.1) is 0 Å². The highest BCUT2D eigenvalue weighted by Gasteiger charge is 2.11. The molecule has 0 aliphatic carbocycles. The van der Waals surface area contributed by atoms with Crippen LogP contribution in [-0.4, -0.2) is 24.5 Å². The van der Waals surface area contributed by atoms with Crippen molar-refractivity contribution in [2.45, 2.75) is 6.42 Å². The summed E-state index contributed by atoms with van der Waals surface area (Å²) in [5.74, 6) is 0.541. The predicted octanol–water partition coefficient (Wildman–Crippen LogP) is 3.37. The lowest BCUT2D eigenvalue weighted by atomic mass is 10.1. The topological polar surface area (TPSA) is 51.2 Å². The Morgan fingerprint density at radius 3 is 2.67 bits per heavy atom. The average Bonchev–Trinajstić information content (AvgIpc) is 2.50. The minimum absolute atomic E-state index is 0.236. The van der Waals surface area contributed by atoms with Crippen molar-refractivity contribution < 1.29 is 9.53 Å². The molecule has 0 bridgehead atoms. The monoisotopic (exact) mass is 324 g/mol. The SMILES string of the molecule is COc1ccc(CCNC(=O)c2cc(Cl)ncc2Cl)cc1. The van der Waals surface area contributed by atoms with Gasteiger partial charge in [0, 0.05) is 12.7 Å². The van der Waals surface area contributed by atoms with Crippen LogP contribution in [0, 0.1) is 0 Å². The number of methoxy groups -OCH3 is 1. The molecular weight excluding hydrogens is 311 g/mol. The number of halogens is 2. The van der Waals surface area contributed by atoms with Crippen molar-refractivity contribution >= 4 is 29.1 Å². The van der Waals surface area contributed by atoms with E-state index in [1.165, 1.54) is 12.3 Å². The van der Waals surface area contributed by atoms with Gasteiger partial charge in [-0.05, 0) is 30.2 Å². The number of nitrogens with zero attached hydrogens (tertiary/aromatic N) is 1. The third-order valence-electron chi connectivity index (χ3n) is 2.92. The van der Waals surface area contributed by atoms with Crippen molar-refractivity contribution in [2.24, 2.45) is 0 Å². The summed E-state index contributed by atoms with van der Waals surface area (Å²) in [4.78, 5) is 15.8. The van der Waals surface area contributed by atoms with Crippen LogP contribution in [0.4, 0.5) is 0 Å². The van der Waals surface area contributed by atoms with E-state index in [-0.39, 0.29) is 16.1 Å². The van der Waals surface area contributed by atoms with E-state index < -0.39 is 0 Å². The van der Waals surface area contributed by atoms with Crippen LogP contribution in [0.1, 0.15) is 15.9 Å². The summed E-state index contributed by atoms with van der Waals surface area (Å²) in [6.45, 7) is 0.501. The van der Waals surface area contributed by atoms with Crippen LogP contribution in [0.3, 0.4) is 0 Å². The molecule has 1 aromatic heterocycles. The van der Waals surface area contributed by atoms with Gasteiger partial charge in [0.1, 0.15) is 10.9 Å². The zero-order valence-corrected chi connectivity index (χ0v) is 12.9. The molecule has 4 nitrogen and oxygen atoms in total. The summed E-state index contributed by atoms with van der Waals surface area (Å²) in [5, 5.41) is 3.32. The largest absolute Gasteiger partial charge is 0.497 e. The number of pyridine rings is 1. The number of ether oxygens (including phenoxy) is 1. The van der Waals surface area contributed by atoms with Gasteiger partial charge < -0.3 is 10.1 Å². The number of rotatable bonds is 5. The van der Waals surface area contributed by atoms with Crippen LogP contribution in [0.15, 0.2) is 36.5 Å². The zero-order valence-electron chi connectivity index (χ0n) is 11.4. The van der Waals surface area contributed by atoms with Crippen molar-refractivity contribution in [1.82, 2.24) is 10.3 Å². The minimum atomic E-state index is -0.266. The Hall–Kier alpha value is -1.78. The summed E-state index contributed by atoms with van der Waals surface area (Å²) in [5.41, 5.74) is 1.43. The Bertz CT molecular complexity index is 630. The van der Waals surface area contributed by atoms with E-state index in [4.69, 9.17) is 27.9 Å². The lowest BCUT2D eigenvalue weighted by Crippen LogP contribution is -2.26. The summed E-state index contributed by atoms with van der Waals surface area (Å²) in [6.07, 6.45) is 2.08. The standard InChI is InChI=1S/C15H14Cl2N2O2/c1-21-11-4-2-10(3-5-11)6-7-18-15(20)12-8-14(17)19-9-13(12)16/h2-5,8-9H,6-7H2,1H3,(H,18,20). The molecule has 0 aliphatic rings. The number of carbonyl (C=O) groups excluding carboxylic acids is 1. The van der Waals surface area contributed by atoms with Gasteiger partial charge in [-0.3, -0.25) is 4.79 Å². The first-order valence-corrected chi connectivity index (χ1v) is 7.08. The fraction of sp³-hybridized carbons (Fsp3) is 0.200. The molecule has 0 radical (unpaired) electrons. The first-order chi connectivity index (χ1) is 10.1. The molecule has 1 amide bonds. The second-order valence-electron chi connectivity index (χ2n) is 4.34. The normalized spacial score (nSPS) is 10.2. The number of nitrogens with one attached hydrogen (secondary N) is 1. The fourth-order valence-electron chi connectivity index (χ4n) is 1.79. The second-order valence-corrected chi connectivity index (χ2v) is 5.14. The first-order valence-electron chi connectivity index (χ1n) is 6.32. The van der Waals surface area contributed by atoms with Gasteiger partial charge in [0.25, 0.3) is 5.91 Å². The molecule has 0 aliphatic heterocycles. The zero-order chi connectivity index (χ0) is 15.2. The van der Waals surface area contributed by atoms with Crippen molar-refractivity contribution in [1.29, 1.82) is 0 Å². The van der Waals surface area contributed by atoms with Crippen molar-refractivity contribution in [2.75, 3.05) is 13.7 Å². The van der Waals surface area contributed by atoms with Gasteiger partial charge in [-0.1, -0.05) is 35.3 Å². The summed E-state index contributed by atoms with van der Waals surface area (Å²) in [7, 11) is 1.62. The Kier molecular flexibility index (Phi) is 5.42. The van der Waals surface area contributed by atoms with E-state index >= 15 is 0 Å². The van der Waals surface area contributed by atoms with E-state index in [9.17, 15) is 4.79 Å². The van der Waals surface area contributed by atoms with Crippen LogP contribution < -0.4 is 10.1 Å². The maximum Gasteiger partial charge on any atom is 0.252 e. The number of hydrogen-bond acceptors (Lipinski definition) is 3. The van der Waals surface area contributed by atoms with Crippen molar-refractivity contribution in [3.8, 4) is 5.75 Å². The molecule has 110 valence electrons. The van der Waals surface area contributed by atoms with E-state index in [2.05, 4.69) is 10.3 Å². The highest BCUT2D eigenvalue weighted by atomic mass is 35.5. The van der Waals surface area contributed by atoms with Crippen LogP contribution in [-0.2, 0) is 6.42 Å². The first kappa shape index (κ1) is 15.6. The van der Waals surface area contributed by atoms with Crippen LogP contribution >= 0.6 is 23.2 Å². The molecule has 0 fully saturated rings. The minimum Gasteiger partial charge on any atom is -0.497 e. The van der Waals surface area contributed by atoms with E-state index in [1.54, 1.807) is 7.11 Å². The van der Waals surface area contributed by atoms with E-state index in [0.29, 0.717) is 18.5 Å². The molecule has 21 heavy (non-hydrogen) atoms. The lowest BCUT2D eigenvalue weighted by Gasteiger charge is -2.07. The van der Waals surface area contributed by atoms with Crippen molar-refractivity contribution in [3.05, 3.63) is 57.8 Å². The molecule has 0 atom stereocenters. The molecule has 1 heterocycles. The number of carbonyl (C=O) groups is 1. The second kappa shape index (κ2) is 7.29. The molecule has 0 spiro atoms. The fourth-order valence-corrected chi connectivity index (χ4v) is 2.14. The molecule has 2 aromatic rings. The summed E-state index contributed by atoms with van der Waals surface area (Å²) < 4.78 is 5.09. The molecular formula is C15H14Cl2N2O2. The Labute approximate surface area is 133 Å². The average molecular weight is 325 g/mol. The summed E-state index contributed by atoms with van der Waals surface area (Å²) in [6, 6.07) is 9.14. The molecule has 1 aromatic carbocycles. The molecule has 1 N–H and O–H groups in total. The van der Waals surface area contributed by atoms with Crippen LogP contribution in [0.25, 0.3) is 0 Å². The number of amides is 1. The maximum absolute atomic E-state index is 12.0. The van der Waals surface area contributed by atoms with E-state index in [0.717, 1.165) is 11.3 Å². The van der Waals surface area contributed by atoms with Gasteiger partial charge >= 0.3 is 0 Å². The van der Waals surface area contributed by atoms with Gasteiger partial charge in [-0.2, -0.15) is 0 Å². The Morgan fingerprint density at radius 1 is 1.29 bits per heavy atom. The van der Waals surface area contributed by atoms with Gasteiger partial charge in [0.05, 0.1) is 17.7 Å². The molecule has 0 saturated heterocycles. The Morgan fingerprint density at radius 2 is 2.00 bits per heavy atom. The number of hydrogen-bond donors (Lipinski definition) is 1. The maximum atomic E-state index is 12.0. The number of benzene rings is 1. The van der Waals surface area contributed by atoms with Gasteiger partial charge in [-0.25, -0.2) is 4.98 Å². The predicted molar refractivity (Wildman–Crippen MR) is 83.3 cm³/mol. The molecule has 6 heteroatoms. The van der Waals surface area contributed by atoms with Gasteiger partial charge in [0.15, 0.2) is 0 Å².